The van der Waals surface area contributed by atoms with Crippen LogP contribution in [0.5, 0.6) is 11.5 Å². The summed E-state index contributed by atoms with van der Waals surface area (Å²) in [6.45, 7) is 7.55. The number of carbonyl (C=O) groups excluding carboxylic acids is 2. The van der Waals surface area contributed by atoms with E-state index in [-0.39, 0.29) is 42.8 Å². The van der Waals surface area contributed by atoms with Gasteiger partial charge in [-0.1, -0.05) is 23.7 Å². The molecular weight excluding hydrogens is 530 g/mol. The fraction of sp³-hybridized carbons (Fsp3) is 0.481. The quantitative estimate of drug-likeness (QED) is 0.411. The normalized spacial score (nSPS) is 12.4. The van der Waals surface area contributed by atoms with Gasteiger partial charge in [0.1, 0.15) is 17.5 Å². The van der Waals surface area contributed by atoms with Gasteiger partial charge in [0.2, 0.25) is 21.8 Å². The average molecular weight is 568 g/mol. The molecule has 0 fully saturated rings. The van der Waals surface area contributed by atoms with E-state index in [0.717, 1.165) is 11.8 Å². The van der Waals surface area contributed by atoms with Crippen molar-refractivity contribution < 1.29 is 27.5 Å². The van der Waals surface area contributed by atoms with Crippen LogP contribution in [0.2, 0.25) is 5.02 Å². The van der Waals surface area contributed by atoms with Gasteiger partial charge in [-0.05, 0) is 70.0 Å². The number of carbonyl (C=O) groups is 2. The highest BCUT2D eigenvalue weighted by molar-refractivity contribution is 7.92. The van der Waals surface area contributed by atoms with Crippen molar-refractivity contribution in [1.82, 2.24) is 10.2 Å². The van der Waals surface area contributed by atoms with E-state index in [9.17, 15) is 18.0 Å². The Kier molecular flexibility index (Phi) is 10.8. The van der Waals surface area contributed by atoms with E-state index < -0.39 is 21.6 Å². The summed E-state index contributed by atoms with van der Waals surface area (Å²) >= 11 is 6.20. The molecule has 0 aliphatic rings. The first-order chi connectivity index (χ1) is 17.7. The van der Waals surface area contributed by atoms with E-state index in [2.05, 4.69) is 5.32 Å². The predicted octanol–water partition coefficient (Wildman–Crippen LogP) is 4.24. The Morgan fingerprint density at radius 1 is 1.08 bits per heavy atom. The van der Waals surface area contributed by atoms with Gasteiger partial charge >= 0.3 is 0 Å². The molecule has 0 spiro atoms. The van der Waals surface area contributed by atoms with Crippen LogP contribution in [-0.4, -0.2) is 63.7 Å². The van der Waals surface area contributed by atoms with Crippen molar-refractivity contribution in [2.45, 2.75) is 58.7 Å². The number of sulfonamides is 1. The van der Waals surface area contributed by atoms with Crippen LogP contribution in [0, 0.1) is 0 Å². The van der Waals surface area contributed by atoms with Gasteiger partial charge in [0.25, 0.3) is 0 Å². The van der Waals surface area contributed by atoms with E-state index in [1.165, 1.54) is 22.4 Å². The largest absolute Gasteiger partial charge is 0.497 e. The van der Waals surface area contributed by atoms with Crippen LogP contribution in [0.4, 0.5) is 5.69 Å². The highest BCUT2D eigenvalue weighted by Crippen LogP contribution is 2.30. The summed E-state index contributed by atoms with van der Waals surface area (Å²) in [5.74, 6) is 0.517. The van der Waals surface area contributed by atoms with Gasteiger partial charge in [-0.25, -0.2) is 8.42 Å². The van der Waals surface area contributed by atoms with Crippen molar-refractivity contribution in [3.8, 4) is 11.5 Å². The number of rotatable bonds is 12. The number of hydrogen-bond donors (Lipinski definition) is 1. The molecule has 0 bridgehead atoms. The first kappa shape index (κ1) is 31.2. The maximum Gasteiger partial charge on any atom is 0.242 e. The lowest BCUT2D eigenvalue weighted by Gasteiger charge is -2.32. The highest BCUT2D eigenvalue weighted by Gasteiger charge is 2.29. The molecule has 2 amide bonds. The second-order valence-electron chi connectivity index (χ2n) is 10.0. The number of benzene rings is 2. The molecule has 0 aromatic heterocycles. The number of hydrogen-bond acceptors (Lipinski definition) is 6. The molecule has 1 atom stereocenters. The smallest absolute Gasteiger partial charge is 0.242 e. The predicted molar refractivity (Wildman–Crippen MR) is 150 cm³/mol. The van der Waals surface area contributed by atoms with Crippen LogP contribution in [0.15, 0.2) is 42.5 Å². The zero-order valence-electron chi connectivity index (χ0n) is 23.1. The summed E-state index contributed by atoms with van der Waals surface area (Å²) < 4.78 is 36.7. The van der Waals surface area contributed by atoms with Crippen LogP contribution < -0.4 is 19.1 Å². The zero-order chi connectivity index (χ0) is 28.7. The van der Waals surface area contributed by atoms with E-state index in [1.807, 2.05) is 39.0 Å². The summed E-state index contributed by atoms with van der Waals surface area (Å²) in [6.07, 6.45) is 1.37. The standard InChI is InChI=1S/C27H38ClN3O6S/c1-19(26(33)29-27(2,3)4)30(18-20-10-8-11-22(16-20)36-5)25(32)12-9-15-31(38(7,34)35)21-13-14-24(37-6)23(28)17-21/h8,10-11,13-14,16-17,19H,9,12,15,18H2,1-7H3,(H,29,33)/t19-/m1/s1. The zero-order valence-corrected chi connectivity index (χ0v) is 24.6. The summed E-state index contributed by atoms with van der Waals surface area (Å²) in [7, 11) is -0.614. The molecule has 11 heteroatoms. The maximum atomic E-state index is 13.4. The summed E-state index contributed by atoms with van der Waals surface area (Å²) in [4.78, 5) is 27.9. The molecule has 1 N–H and O–H groups in total. The third kappa shape index (κ3) is 9.09. The van der Waals surface area contributed by atoms with Crippen molar-refractivity contribution in [1.29, 1.82) is 0 Å². The average Bonchev–Trinajstić information content (AvgIpc) is 2.82. The fourth-order valence-corrected chi connectivity index (χ4v) is 5.05. The Morgan fingerprint density at radius 2 is 1.76 bits per heavy atom. The van der Waals surface area contributed by atoms with Crippen LogP contribution in [0.1, 0.15) is 46.1 Å². The minimum absolute atomic E-state index is 0.0347. The fourth-order valence-electron chi connectivity index (χ4n) is 3.84. The first-order valence-corrected chi connectivity index (χ1v) is 14.4. The van der Waals surface area contributed by atoms with E-state index >= 15 is 0 Å². The third-order valence-electron chi connectivity index (χ3n) is 5.73. The van der Waals surface area contributed by atoms with Crippen molar-refractivity contribution in [3.63, 3.8) is 0 Å². The van der Waals surface area contributed by atoms with Crippen LogP contribution in [0.25, 0.3) is 0 Å². The van der Waals surface area contributed by atoms with Crippen LogP contribution >= 0.6 is 11.6 Å². The third-order valence-corrected chi connectivity index (χ3v) is 7.22. The van der Waals surface area contributed by atoms with Gasteiger partial charge in [0.05, 0.1) is 31.2 Å². The lowest BCUT2D eigenvalue weighted by Crippen LogP contribution is -2.52. The monoisotopic (exact) mass is 567 g/mol. The molecule has 0 aliphatic carbocycles. The van der Waals surface area contributed by atoms with Gasteiger partial charge < -0.3 is 19.7 Å². The SMILES string of the molecule is COc1cccc(CN(C(=O)CCCN(c2ccc(OC)c(Cl)c2)S(C)(=O)=O)[C@H](C)C(=O)NC(C)(C)C)c1. The number of methoxy groups -OCH3 is 2. The molecule has 0 saturated heterocycles. The summed E-state index contributed by atoms with van der Waals surface area (Å²) in [5, 5.41) is 3.20. The van der Waals surface area contributed by atoms with Crippen LogP contribution in [0.3, 0.4) is 0 Å². The number of nitrogens with zero attached hydrogens (tertiary/aromatic N) is 2. The number of amides is 2. The number of anilines is 1. The Hall–Kier alpha value is -2.98. The minimum Gasteiger partial charge on any atom is -0.497 e. The first-order valence-electron chi connectivity index (χ1n) is 12.2. The van der Waals surface area contributed by atoms with Gasteiger partial charge in [-0.2, -0.15) is 0 Å². The molecule has 0 unspecified atom stereocenters. The Morgan fingerprint density at radius 3 is 2.32 bits per heavy atom. The second-order valence-corrected chi connectivity index (χ2v) is 12.4. The molecule has 38 heavy (non-hydrogen) atoms. The van der Waals surface area contributed by atoms with Crippen molar-refractivity contribution in [3.05, 3.63) is 53.1 Å². The molecule has 2 rings (SSSR count). The Balaban J connectivity index is 2.23. The molecule has 0 aliphatic heterocycles. The number of ether oxygens (including phenoxy) is 2. The molecule has 210 valence electrons. The highest BCUT2D eigenvalue weighted by atomic mass is 35.5. The number of nitrogens with one attached hydrogen (secondary N) is 1. The molecule has 0 heterocycles. The molecule has 2 aromatic rings. The Labute approximate surface area is 231 Å². The minimum atomic E-state index is -3.65. The van der Waals surface area contributed by atoms with E-state index in [4.69, 9.17) is 21.1 Å². The lowest BCUT2D eigenvalue weighted by atomic mass is 10.1. The molecule has 0 saturated carbocycles. The maximum absolute atomic E-state index is 13.4. The van der Waals surface area contributed by atoms with Gasteiger partial charge in [0.15, 0.2) is 0 Å². The molecule has 0 radical (unpaired) electrons. The van der Waals surface area contributed by atoms with E-state index in [0.29, 0.717) is 17.2 Å². The Bertz CT molecular complexity index is 1230. The number of halogens is 1. The van der Waals surface area contributed by atoms with Crippen molar-refractivity contribution >= 4 is 39.1 Å². The van der Waals surface area contributed by atoms with E-state index in [1.54, 1.807) is 32.2 Å². The molecule has 2 aromatic carbocycles. The second kappa shape index (κ2) is 13.2. The van der Waals surface area contributed by atoms with Crippen molar-refractivity contribution in [2.75, 3.05) is 31.3 Å². The van der Waals surface area contributed by atoms with Gasteiger partial charge in [-0.3, -0.25) is 13.9 Å². The van der Waals surface area contributed by atoms with Crippen molar-refractivity contribution in [2.24, 2.45) is 0 Å². The molecular formula is C27H38ClN3O6S. The lowest BCUT2D eigenvalue weighted by molar-refractivity contribution is -0.141. The molecule has 9 nitrogen and oxygen atoms in total. The van der Waals surface area contributed by atoms with Crippen LogP contribution in [-0.2, 0) is 26.2 Å². The van der Waals surface area contributed by atoms with Gasteiger partial charge in [0, 0.05) is 25.0 Å². The van der Waals surface area contributed by atoms with Gasteiger partial charge in [-0.15, -0.1) is 0 Å². The summed E-state index contributed by atoms with van der Waals surface area (Å²) in [6, 6.07) is 11.2. The topological polar surface area (TPSA) is 105 Å². The summed E-state index contributed by atoms with van der Waals surface area (Å²) in [5.41, 5.74) is 0.710.